The lowest BCUT2D eigenvalue weighted by atomic mass is 9.92. The maximum absolute atomic E-state index is 12.0. The lowest BCUT2D eigenvalue weighted by Gasteiger charge is -2.35. The molecule has 0 aromatic heterocycles. The van der Waals surface area contributed by atoms with Crippen LogP contribution in [-0.2, 0) is 9.59 Å². The van der Waals surface area contributed by atoms with Gasteiger partial charge in [0.2, 0.25) is 5.91 Å². The van der Waals surface area contributed by atoms with Gasteiger partial charge in [0.15, 0.2) is 0 Å². The molecule has 0 aromatic rings. The summed E-state index contributed by atoms with van der Waals surface area (Å²) in [6, 6.07) is 0. The SMILES string of the molecule is CCC(SCC(=O)N1CC(C)CC(C)C1)C(=O)O. The Kier molecular flexibility index (Phi) is 5.99. The Bertz CT molecular complexity index is 299. The molecule has 1 aliphatic heterocycles. The number of rotatable bonds is 5. The van der Waals surface area contributed by atoms with Crippen LogP contribution in [0.15, 0.2) is 0 Å². The van der Waals surface area contributed by atoms with Crippen LogP contribution in [0.3, 0.4) is 0 Å². The van der Waals surface area contributed by atoms with E-state index < -0.39 is 11.2 Å². The molecule has 0 aliphatic carbocycles. The first kappa shape index (κ1) is 15.3. The van der Waals surface area contributed by atoms with Gasteiger partial charge >= 0.3 is 5.97 Å². The van der Waals surface area contributed by atoms with Crippen molar-refractivity contribution in [1.82, 2.24) is 4.90 Å². The number of carboxylic acids is 1. The lowest BCUT2D eigenvalue weighted by Crippen LogP contribution is -2.43. The zero-order chi connectivity index (χ0) is 13.7. The van der Waals surface area contributed by atoms with Gasteiger partial charge in [-0.05, 0) is 24.7 Å². The molecule has 0 aromatic carbocycles. The fraction of sp³-hybridized carbons (Fsp3) is 0.846. The summed E-state index contributed by atoms with van der Waals surface area (Å²) in [4.78, 5) is 24.8. The first-order chi connectivity index (χ1) is 8.43. The highest BCUT2D eigenvalue weighted by atomic mass is 32.2. The maximum Gasteiger partial charge on any atom is 0.316 e. The average molecular weight is 273 g/mol. The number of amides is 1. The van der Waals surface area contributed by atoms with Gasteiger partial charge in [0, 0.05) is 13.1 Å². The van der Waals surface area contributed by atoms with Crippen LogP contribution in [-0.4, -0.2) is 46.0 Å². The lowest BCUT2D eigenvalue weighted by molar-refractivity contribution is -0.136. The van der Waals surface area contributed by atoms with Crippen molar-refractivity contribution in [2.45, 2.75) is 38.9 Å². The highest BCUT2D eigenvalue weighted by Gasteiger charge is 2.26. The van der Waals surface area contributed by atoms with Gasteiger partial charge in [-0.3, -0.25) is 9.59 Å². The molecule has 104 valence electrons. The summed E-state index contributed by atoms with van der Waals surface area (Å²) < 4.78 is 0. The zero-order valence-corrected chi connectivity index (χ0v) is 12.2. The number of carbonyl (C=O) groups excluding carboxylic acids is 1. The third-order valence-corrected chi connectivity index (χ3v) is 4.63. The van der Waals surface area contributed by atoms with Crippen molar-refractivity contribution < 1.29 is 14.7 Å². The Morgan fingerprint density at radius 3 is 2.33 bits per heavy atom. The molecule has 4 nitrogen and oxygen atoms in total. The fourth-order valence-electron chi connectivity index (χ4n) is 2.49. The Labute approximate surface area is 113 Å². The van der Waals surface area contributed by atoms with Gasteiger partial charge < -0.3 is 10.0 Å². The minimum Gasteiger partial charge on any atom is -0.480 e. The largest absolute Gasteiger partial charge is 0.480 e. The monoisotopic (exact) mass is 273 g/mol. The quantitative estimate of drug-likeness (QED) is 0.833. The molecule has 1 N–H and O–H groups in total. The van der Waals surface area contributed by atoms with Crippen LogP contribution in [0.2, 0.25) is 0 Å². The van der Waals surface area contributed by atoms with E-state index in [-0.39, 0.29) is 11.7 Å². The van der Waals surface area contributed by atoms with Crippen LogP contribution in [0.5, 0.6) is 0 Å². The summed E-state index contributed by atoms with van der Waals surface area (Å²) in [5, 5.41) is 8.47. The average Bonchev–Trinajstić information content (AvgIpc) is 2.27. The van der Waals surface area contributed by atoms with Crippen molar-refractivity contribution in [3.05, 3.63) is 0 Å². The zero-order valence-electron chi connectivity index (χ0n) is 11.4. The van der Waals surface area contributed by atoms with Gasteiger partial charge in [-0.15, -0.1) is 11.8 Å². The topological polar surface area (TPSA) is 57.6 Å². The first-order valence-electron chi connectivity index (χ1n) is 6.56. The number of hydrogen-bond acceptors (Lipinski definition) is 3. The standard InChI is InChI=1S/C13H23NO3S/c1-4-11(13(16)17)18-8-12(15)14-6-9(2)5-10(3)7-14/h9-11H,4-8H2,1-3H3,(H,16,17). The van der Waals surface area contributed by atoms with E-state index in [0.717, 1.165) is 13.1 Å². The number of piperidine rings is 1. The molecule has 18 heavy (non-hydrogen) atoms. The molecule has 1 fully saturated rings. The molecule has 1 heterocycles. The van der Waals surface area contributed by atoms with Crippen LogP contribution >= 0.6 is 11.8 Å². The molecule has 3 unspecified atom stereocenters. The molecular weight excluding hydrogens is 250 g/mol. The van der Waals surface area contributed by atoms with E-state index >= 15 is 0 Å². The summed E-state index contributed by atoms with van der Waals surface area (Å²) in [5.74, 6) is 0.631. The van der Waals surface area contributed by atoms with Crippen molar-refractivity contribution >= 4 is 23.6 Å². The van der Waals surface area contributed by atoms with E-state index in [9.17, 15) is 9.59 Å². The molecule has 5 heteroatoms. The summed E-state index contributed by atoms with van der Waals surface area (Å²) in [6.07, 6.45) is 1.73. The maximum atomic E-state index is 12.0. The van der Waals surface area contributed by atoms with E-state index in [1.807, 2.05) is 11.8 Å². The number of hydrogen-bond donors (Lipinski definition) is 1. The molecule has 0 saturated carbocycles. The van der Waals surface area contributed by atoms with Crippen LogP contribution in [0.4, 0.5) is 0 Å². The number of likely N-dealkylation sites (tertiary alicyclic amines) is 1. The summed E-state index contributed by atoms with van der Waals surface area (Å²) in [6.45, 7) is 7.78. The number of aliphatic carboxylic acids is 1. The molecule has 0 radical (unpaired) electrons. The van der Waals surface area contributed by atoms with Crippen molar-refractivity contribution in [2.75, 3.05) is 18.8 Å². The van der Waals surface area contributed by atoms with Gasteiger partial charge in [0.1, 0.15) is 5.25 Å². The molecule has 0 bridgehead atoms. The molecule has 1 amide bonds. The second kappa shape index (κ2) is 7.02. The Balaban J connectivity index is 2.42. The Morgan fingerprint density at radius 1 is 1.33 bits per heavy atom. The van der Waals surface area contributed by atoms with E-state index in [0.29, 0.717) is 18.3 Å². The minimum absolute atomic E-state index is 0.0816. The van der Waals surface area contributed by atoms with E-state index in [4.69, 9.17) is 5.11 Å². The number of carbonyl (C=O) groups is 2. The highest BCUT2D eigenvalue weighted by Crippen LogP contribution is 2.22. The minimum atomic E-state index is -0.823. The Hall–Kier alpha value is -0.710. The van der Waals surface area contributed by atoms with Gasteiger partial charge in [0.25, 0.3) is 0 Å². The molecule has 3 atom stereocenters. The second-order valence-electron chi connectivity index (χ2n) is 5.29. The van der Waals surface area contributed by atoms with E-state index in [1.165, 1.54) is 18.2 Å². The van der Waals surface area contributed by atoms with E-state index in [2.05, 4.69) is 13.8 Å². The van der Waals surface area contributed by atoms with Crippen molar-refractivity contribution in [3.8, 4) is 0 Å². The summed E-state index contributed by atoms with van der Waals surface area (Å²) in [5.41, 5.74) is 0. The fourth-order valence-corrected chi connectivity index (χ4v) is 3.40. The van der Waals surface area contributed by atoms with Gasteiger partial charge in [-0.25, -0.2) is 0 Å². The van der Waals surface area contributed by atoms with Gasteiger partial charge in [0.05, 0.1) is 5.75 Å². The predicted octanol–water partition coefficient (Wildman–Crippen LogP) is 2.09. The normalized spacial score (nSPS) is 25.8. The number of nitrogens with zero attached hydrogens (tertiary/aromatic N) is 1. The smallest absolute Gasteiger partial charge is 0.316 e. The number of thioether (sulfide) groups is 1. The molecule has 1 rings (SSSR count). The molecule has 1 aliphatic rings. The first-order valence-corrected chi connectivity index (χ1v) is 7.61. The second-order valence-corrected chi connectivity index (χ2v) is 6.48. The van der Waals surface area contributed by atoms with E-state index in [1.54, 1.807) is 0 Å². The van der Waals surface area contributed by atoms with Crippen molar-refractivity contribution in [1.29, 1.82) is 0 Å². The molecule has 0 spiro atoms. The third kappa shape index (κ3) is 4.52. The van der Waals surface area contributed by atoms with Crippen molar-refractivity contribution in [2.24, 2.45) is 11.8 Å². The molecular formula is C13H23NO3S. The van der Waals surface area contributed by atoms with Gasteiger partial charge in [-0.2, -0.15) is 0 Å². The molecule has 1 saturated heterocycles. The van der Waals surface area contributed by atoms with Crippen molar-refractivity contribution in [3.63, 3.8) is 0 Å². The Morgan fingerprint density at radius 2 is 1.89 bits per heavy atom. The van der Waals surface area contributed by atoms with Crippen LogP contribution < -0.4 is 0 Å². The summed E-state index contributed by atoms with van der Waals surface area (Å²) >= 11 is 1.24. The van der Waals surface area contributed by atoms with Crippen LogP contribution in [0.1, 0.15) is 33.6 Å². The van der Waals surface area contributed by atoms with Crippen LogP contribution in [0.25, 0.3) is 0 Å². The highest BCUT2D eigenvalue weighted by molar-refractivity contribution is 8.01. The third-order valence-electron chi connectivity index (χ3n) is 3.28. The summed E-state index contributed by atoms with van der Waals surface area (Å²) in [7, 11) is 0. The predicted molar refractivity (Wildman–Crippen MR) is 73.7 cm³/mol. The number of carboxylic acid groups (broad SMARTS) is 1. The van der Waals surface area contributed by atoms with Gasteiger partial charge in [-0.1, -0.05) is 20.8 Å². The van der Waals surface area contributed by atoms with Crippen LogP contribution in [0, 0.1) is 11.8 Å².